The monoisotopic (exact) mass is 455 g/mol. The molecule has 0 aliphatic carbocycles. The Balaban J connectivity index is 2.18. The molecule has 0 spiro atoms. The lowest BCUT2D eigenvalue weighted by Gasteiger charge is -2.08. The van der Waals surface area contributed by atoms with Crippen molar-refractivity contribution in [2.75, 3.05) is 33.5 Å². The largest absolute Gasteiger partial charge is 0.382 e. The quantitative estimate of drug-likeness (QED) is 0.459. The minimum absolute atomic E-state index is 0.0457. The van der Waals surface area contributed by atoms with Gasteiger partial charge >= 0.3 is 0 Å². The van der Waals surface area contributed by atoms with Crippen molar-refractivity contribution < 1.29 is 14.3 Å². The van der Waals surface area contributed by atoms with Crippen LogP contribution in [0.5, 0.6) is 0 Å². The maximum Gasteiger partial charge on any atom is 0.252 e. The molecular weight excluding hydrogens is 437 g/mol. The van der Waals surface area contributed by atoms with Crippen LogP contribution in [0.25, 0.3) is 0 Å². The molecule has 0 aliphatic heterocycles. The summed E-state index contributed by atoms with van der Waals surface area (Å²) in [6, 6.07) is 5.72. The van der Waals surface area contributed by atoms with Crippen molar-refractivity contribution in [1.82, 2.24) is 5.32 Å². The molecule has 20 heavy (non-hydrogen) atoms. The van der Waals surface area contributed by atoms with E-state index in [-0.39, 0.29) is 5.91 Å². The van der Waals surface area contributed by atoms with Crippen molar-refractivity contribution in [2.45, 2.75) is 12.8 Å². The lowest BCUT2D eigenvalue weighted by atomic mass is 10.2. The third kappa shape index (κ3) is 7.01. The van der Waals surface area contributed by atoms with Gasteiger partial charge in [0.1, 0.15) is 0 Å². The van der Waals surface area contributed by atoms with E-state index in [1.807, 2.05) is 18.2 Å². The van der Waals surface area contributed by atoms with Gasteiger partial charge in [0.25, 0.3) is 5.91 Å². The normalized spacial score (nSPS) is 10.6. The molecule has 1 rings (SSSR count). The van der Waals surface area contributed by atoms with Crippen LogP contribution >= 0.6 is 38.5 Å². The Labute approximate surface area is 141 Å². The molecular formula is C14H19BrINO3. The molecule has 0 aliphatic rings. The molecule has 112 valence electrons. The van der Waals surface area contributed by atoms with Crippen LogP contribution in [0.1, 0.15) is 23.2 Å². The van der Waals surface area contributed by atoms with E-state index in [1.165, 1.54) is 0 Å². The highest BCUT2D eigenvalue weighted by Crippen LogP contribution is 2.19. The Morgan fingerprint density at radius 1 is 1.30 bits per heavy atom. The van der Waals surface area contributed by atoms with E-state index in [0.717, 1.165) is 20.9 Å². The van der Waals surface area contributed by atoms with E-state index < -0.39 is 0 Å². The Morgan fingerprint density at radius 2 is 2.10 bits per heavy atom. The molecule has 0 radical (unpaired) electrons. The van der Waals surface area contributed by atoms with Crippen LogP contribution in [0.3, 0.4) is 0 Å². The maximum absolute atomic E-state index is 12.0. The number of hydrogen-bond acceptors (Lipinski definition) is 3. The van der Waals surface area contributed by atoms with E-state index in [4.69, 9.17) is 9.47 Å². The number of ether oxygens (including phenoxy) is 2. The summed E-state index contributed by atoms with van der Waals surface area (Å²) in [6.07, 6.45) is 1.83. The second kappa shape index (κ2) is 10.5. The molecule has 4 nitrogen and oxygen atoms in total. The summed E-state index contributed by atoms with van der Waals surface area (Å²) in [6.45, 7) is 2.60. The standard InChI is InChI=1S/C14H19BrINO3/c1-19-8-9-20-7-3-2-6-17-14(18)12-10-11(16)4-5-13(12)15/h4-5,10H,2-3,6-9H2,1H3,(H,17,18). The highest BCUT2D eigenvalue weighted by molar-refractivity contribution is 14.1. The van der Waals surface area contributed by atoms with E-state index in [2.05, 4.69) is 43.8 Å². The van der Waals surface area contributed by atoms with Gasteiger partial charge in [-0.1, -0.05) is 0 Å². The Bertz CT molecular complexity index is 429. The zero-order chi connectivity index (χ0) is 14.8. The van der Waals surface area contributed by atoms with Crippen molar-refractivity contribution >= 4 is 44.4 Å². The van der Waals surface area contributed by atoms with Crippen molar-refractivity contribution in [3.63, 3.8) is 0 Å². The minimum Gasteiger partial charge on any atom is -0.382 e. The molecule has 1 aromatic carbocycles. The zero-order valence-corrected chi connectivity index (χ0v) is 15.2. The van der Waals surface area contributed by atoms with Crippen LogP contribution in [0.15, 0.2) is 22.7 Å². The lowest BCUT2D eigenvalue weighted by Crippen LogP contribution is -2.25. The Morgan fingerprint density at radius 3 is 2.85 bits per heavy atom. The van der Waals surface area contributed by atoms with Gasteiger partial charge in [-0.2, -0.15) is 0 Å². The van der Waals surface area contributed by atoms with Gasteiger partial charge in [-0.25, -0.2) is 0 Å². The number of halogens is 2. The molecule has 6 heteroatoms. The summed E-state index contributed by atoms with van der Waals surface area (Å²) in [4.78, 5) is 12.0. The number of benzene rings is 1. The number of carbonyl (C=O) groups is 1. The fourth-order valence-corrected chi connectivity index (χ4v) is 2.46. The molecule has 0 atom stereocenters. The summed E-state index contributed by atoms with van der Waals surface area (Å²) in [7, 11) is 1.65. The van der Waals surface area contributed by atoms with E-state index in [1.54, 1.807) is 7.11 Å². The summed E-state index contributed by atoms with van der Waals surface area (Å²) < 4.78 is 12.1. The number of rotatable bonds is 9. The summed E-state index contributed by atoms with van der Waals surface area (Å²) >= 11 is 5.59. The number of hydrogen-bond donors (Lipinski definition) is 1. The first kappa shape index (κ1) is 17.9. The van der Waals surface area contributed by atoms with Crippen molar-refractivity contribution in [3.8, 4) is 0 Å². The molecule has 1 aromatic rings. The van der Waals surface area contributed by atoms with Crippen LogP contribution in [-0.4, -0.2) is 39.4 Å². The van der Waals surface area contributed by atoms with Gasteiger partial charge in [0.2, 0.25) is 0 Å². The molecule has 0 heterocycles. The predicted octanol–water partition coefficient (Wildman–Crippen LogP) is 3.23. The molecule has 0 saturated heterocycles. The van der Waals surface area contributed by atoms with E-state index in [0.29, 0.717) is 31.9 Å². The Hall–Kier alpha value is -0.180. The topological polar surface area (TPSA) is 47.6 Å². The van der Waals surface area contributed by atoms with Crippen molar-refractivity contribution in [1.29, 1.82) is 0 Å². The SMILES string of the molecule is COCCOCCCCNC(=O)c1cc(I)ccc1Br. The third-order valence-corrected chi connectivity index (χ3v) is 3.97. The first-order chi connectivity index (χ1) is 9.65. The van der Waals surface area contributed by atoms with Gasteiger partial charge < -0.3 is 14.8 Å². The molecule has 0 aromatic heterocycles. The molecule has 0 bridgehead atoms. The Kier molecular flexibility index (Phi) is 9.41. The average molecular weight is 456 g/mol. The molecule has 0 fully saturated rings. The number of carbonyl (C=O) groups excluding carboxylic acids is 1. The lowest BCUT2D eigenvalue weighted by molar-refractivity contribution is 0.0686. The first-order valence-corrected chi connectivity index (χ1v) is 8.32. The van der Waals surface area contributed by atoms with Crippen LogP contribution in [0.2, 0.25) is 0 Å². The number of unbranched alkanes of at least 4 members (excludes halogenated alkanes) is 1. The molecule has 1 N–H and O–H groups in total. The minimum atomic E-state index is -0.0457. The van der Waals surface area contributed by atoms with Gasteiger partial charge in [-0.3, -0.25) is 4.79 Å². The number of nitrogens with one attached hydrogen (secondary N) is 1. The highest BCUT2D eigenvalue weighted by atomic mass is 127. The fourth-order valence-electron chi connectivity index (χ4n) is 1.54. The van der Waals surface area contributed by atoms with Gasteiger partial charge in [-0.05, 0) is 69.6 Å². The van der Waals surface area contributed by atoms with Crippen molar-refractivity contribution in [3.05, 3.63) is 31.8 Å². The smallest absolute Gasteiger partial charge is 0.252 e. The van der Waals surface area contributed by atoms with Crippen molar-refractivity contribution in [2.24, 2.45) is 0 Å². The van der Waals surface area contributed by atoms with Crippen LogP contribution < -0.4 is 5.32 Å². The highest BCUT2D eigenvalue weighted by Gasteiger charge is 2.09. The summed E-state index contributed by atoms with van der Waals surface area (Å²) in [5.41, 5.74) is 0.674. The zero-order valence-electron chi connectivity index (χ0n) is 11.5. The third-order valence-electron chi connectivity index (χ3n) is 2.61. The molecule has 0 saturated carbocycles. The second-order valence-electron chi connectivity index (χ2n) is 4.19. The van der Waals surface area contributed by atoms with Crippen LogP contribution in [-0.2, 0) is 9.47 Å². The van der Waals surface area contributed by atoms with E-state index in [9.17, 15) is 4.79 Å². The first-order valence-electron chi connectivity index (χ1n) is 6.45. The average Bonchev–Trinajstić information content (AvgIpc) is 2.44. The fraction of sp³-hybridized carbons (Fsp3) is 0.500. The molecule has 0 unspecified atom stereocenters. The van der Waals surface area contributed by atoms with Gasteiger partial charge in [-0.15, -0.1) is 0 Å². The van der Waals surface area contributed by atoms with Gasteiger partial charge in [0.15, 0.2) is 0 Å². The number of amides is 1. The van der Waals surface area contributed by atoms with Gasteiger partial charge in [0, 0.05) is 28.3 Å². The van der Waals surface area contributed by atoms with Crippen LogP contribution in [0.4, 0.5) is 0 Å². The predicted molar refractivity (Wildman–Crippen MR) is 91.1 cm³/mol. The second-order valence-corrected chi connectivity index (χ2v) is 6.29. The molecule has 1 amide bonds. The van der Waals surface area contributed by atoms with Crippen LogP contribution in [0, 0.1) is 3.57 Å². The number of methoxy groups -OCH3 is 1. The van der Waals surface area contributed by atoms with Gasteiger partial charge in [0.05, 0.1) is 18.8 Å². The summed E-state index contributed by atoms with van der Waals surface area (Å²) in [5, 5.41) is 2.92. The summed E-state index contributed by atoms with van der Waals surface area (Å²) in [5.74, 6) is -0.0457. The van der Waals surface area contributed by atoms with E-state index >= 15 is 0 Å². The maximum atomic E-state index is 12.0.